The lowest BCUT2D eigenvalue weighted by molar-refractivity contribution is 0.380. The van der Waals surface area contributed by atoms with Crippen LogP contribution in [0.2, 0.25) is 0 Å². The zero-order valence-electron chi connectivity index (χ0n) is 11.6. The normalized spacial score (nSPS) is 25.7. The van der Waals surface area contributed by atoms with Gasteiger partial charge in [-0.1, -0.05) is 42.5 Å². The molecule has 0 saturated carbocycles. The topological polar surface area (TPSA) is 77.3 Å². The number of pyridine rings is 1. The van der Waals surface area contributed by atoms with Gasteiger partial charge < -0.3 is 11.5 Å². The van der Waals surface area contributed by atoms with E-state index in [2.05, 4.69) is 9.98 Å². The summed E-state index contributed by atoms with van der Waals surface area (Å²) >= 11 is 0. The van der Waals surface area contributed by atoms with Crippen molar-refractivity contribution in [2.75, 3.05) is 0 Å². The van der Waals surface area contributed by atoms with Gasteiger partial charge in [-0.2, -0.15) is 0 Å². The van der Waals surface area contributed by atoms with Crippen LogP contribution in [-0.2, 0) is 0 Å². The Morgan fingerprint density at radius 3 is 2.48 bits per heavy atom. The average molecular weight is 278 g/mol. The molecule has 1 aliphatic rings. The summed E-state index contributed by atoms with van der Waals surface area (Å²) in [6, 6.07) is 15.9. The molecule has 0 saturated heterocycles. The summed E-state index contributed by atoms with van der Waals surface area (Å²) in [5.41, 5.74) is 14.0. The second-order valence-electron chi connectivity index (χ2n) is 5.20. The molecule has 106 valence electrons. The number of hydrogen-bond donors (Lipinski definition) is 2. The van der Waals surface area contributed by atoms with E-state index in [9.17, 15) is 0 Å². The van der Waals surface area contributed by atoms with Crippen LogP contribution in [-0.4, -0.2) is 22.9 Å². The predicted octanol–water partition coefficient (Wildman–Crippen LogP) is 1.84. The summed E-state index contributed by atoms with van der Waals surface area (Å²) in [4.78, 5) is 8.76. The lowest BCUT2D eigenvalue weighted by Gasteiger charge is -2.39. The molecule has 0 fully saturated rings. The average Bonchev–Trinajstić information content (AvgIpc) is 2.53. The van der Waals surface area contributed by atoms with E-state index in [4.69, 9.17) is 11.5 Å². The number of aliphatic imine (C=N–C) groups is 1. The smallest absolute Gasteiger partial charge is 0.120 e. The minimum Gasteiger partial charge on any atom is -0.318 e. The van der Waals surface area contributed by atoms with Crippen molar-refractivity contribution >= 4 is 6.21 Å². The highest BCUT2D eigenvalue weighted by Crippen LogP contribution is 2.36. The minimum atomic E-state index is -0.801. The molecule has 2 aromatic rings. The Balaban J connectivity index is 2.14. The lowest BCUT2D eigenvalue weighted by Crippen LogP contribution is -2.58. The van der Waals surface area contributed by atoms with E-state index in [1.165, 1.54) is 0 Å². The van der Waals surface area contributed by atoms with Crippen molar-refractivity contribution in [2.24, 2.45) is 16.5 Å². The highest BCUT2D eigenvalue weighted by molar-refractivity contribution is 5.73. The van der Waals surface area contributed by atoms with Gasteiger partial charge in [-0.25, -0.2) is 0 Å². The maximum absolute atomic E-state index is 6.65. The number of nitrogens with zero attached hydrogens (tertiary/aromatic N) is 2. The molecule has 1 aromatic heterocycles. The van der Waals surface area contributed by atoms with Crippen molar-refractivity contribution < 1.29 is 0 Å². The van der Waals surface area contributed by atoms with Crippen molar-refractivity contribution in [1.82, 2.24) is 4.98 Å². The molecule has 0 radical (unpaired) electrons. The van der Waals surface area contributed by atoms with E-state index in [-0.39, 0.29) is 5.92 Å². The maximum Gasteiger partial charge on any atom is 0.120 e. The summed E-state index contributed by atoms with van der Waals surface area (Å²) in [6.45, 7) is 0. The molecule has 3 atom stereocenters. The largest absolute Gasteiger partial charge is 0.318 e. The number of dihydropyridines is 1. The lowest BCUT2D eigenvalue weighted by atomic mass is 9.74. The van der Waals surface area contributed by atoms with E-state index in [0.717, 1.165) is 11.3 Å². The molecule has 0 aliphatic carbocycles. The molecular weight excluding hydrogens is 260 g/mol. The molecule has 21 heavy (non-hydrogen) atoms. The quantitative estimate of drug-likeness (QED) is 0.899. The molecule has 0 amide bonds. The molecule has 1 aromatic carbocycles. The SMILES string of the molecule is NC1N=CC=CC1(N)C(c1ccccc1)c1ccccn1. The number of benzene rings is 1. The summed E-state index contributed by atoms with van der Waals surface area (Å²) < 4.78 is 0. The van der Waals surface area contributed by atoms with Gasteiger partial charge in [-0.05, 0) is 23.8 Å². The van der Waals surface area contributed by atoms with E-state index >= 15 is 0 Å². The fourth-order valence-electron chi connectivity index (χ4n) is 2.75. The summed E-state index contributed by atoms with van der Waals surface area (Å²) in [5.74, 6) is -0.149. The first-order valence-corrected chi connectivity index (χ1v) is 6.93. The monoisotopic (exact) mass is 278 g/mol. The van der Waals surface area contributed by atoms with Crippen LogP contribution >= 0.6 is 0 Å². The molecule has 2 heterocycles. The van der Waals surface area contributed by atoms with E-state index in [0.29, 0.717) is 0 Å². The van der Waals surface area contributed by atoms with Crippen LogP contribution in [0.4, 0.5) is 0 Å². The molecule has 0 bridgehead atoms. The molecule has 4 N–H and O–H groups in total. The van der Waals surface area contributed by atoms with Crippen LogP contribution in [0.1, 0.15) is 17.2 Å². The maximum atomic E-state index is 6.65. The number of rotatable bonds is 3. The standard InChI is InChI=1S/C17H18N4/c18-16-17(19,10-6-12-21-16)15(13-7-2-1-3-8-13)14-9-4-5-11-20-14/h1-12,15-16H,18-19H2. The molecule has 1 aliphatic heterocycles. The van der Waals surface area contributed by atoms with Crippen molar-refractivity contribution in [3.63, 3.8) is 0 Å². The summed E-state index contributed by atoms with van der Waals surface area (Å²) in [7, 11) is 0. The number of hydrogen-bond acceptors (Lipinski definition) is 4. The Labute approximate surface area is 124 Å². The highest BCUT2D eigenvalue weighted by Gasteiger charge is 2.41. The van der Waals surface area contributed by atoms with Crippen molar-refractivity contribution in [2.45, 2.75) is 17.6 Å². The molecule has 0 spiro atoms. The Morgan fingerprint density at radius 2 is 1.81 bits per heavy atom. The van der Waals surface area contributed by atoms with Gasteiger partial charge in [-0.3, -0.25) is 9.98 Å². The van der Waals surface area contributed by atoms with Crippen LogP contribution in [0.15, 0.2) is 71.9 Å². The van der Waals surface area contributed by atoms with Gasteiger partial charge in [0.25, 0.3) is 0 Å². The Morgan fingerprint density at radius 1 is 1.05 bits per heavy atom. The Bertz CT molecular complexity index is 612. The third kappa shape index (κ3) is 2.51. The van der Waals surface area contributed by atoms with Crippen LogP contribution in [0, 0.1) is 0 Å². The van der Waals surface area contributed by atoms with E-state index < -0.39 is 11.7 Å². The Kier molecular flexibility index (Phi) is 3.64. The highest BCUT2D eigenvalue weighted by atomic mass is 15.0. The zero-order valence-corrected chi connectivity index (χ0v) is 11.6. The number of nitrogens with two attached hydrogens (primary N) is 2. The van der Waals surface area contributed by atoms with Gasteiger partial charge >= 0.3 is 0 Å². The zero-order chi connectivity index (χ0) is 14.7. The van der Waals surface area contributed by atoms with Gasteiger partial charge in [0.2, 0.25) is 0 Å². The van der Waals surface area contributed by atoms with Crippen LogP contribution in [0.5, 0.6) is 0 Å². The summed E-state index contributed by atoms with van der Waals surface area (Å²) in [5, 5.41) is 0. The fraction of sp³-hybridized carbons (Fsp3) is 0.176. The number of allylic oxidation sites excluding steroid dienone is 1. The van der Waals surface area contributed by atoms with Gasteiger partial charge in [0, 0.05) is 12.4 Å². The summed E-state index contributed by atoms with van der Waals surface area (Å²) in [6.07, 6.45) is 6.74. The van der Waals surface area contributed by atoms with Crippen molar-refractivity contribution in [3.05, 3.63) is 78.1 Å². The van der Waals surface area contributed by atoms with Crippen LogP contribution in [0.3, 0.4) is 0 Å². The van der Waals surface area contributed by atoms with Gasteiger partial charge in [0.15, 0.2) is 0 Å². The van der Waals surface area contributed by atoms with Crippen LogP contribution < -0.4 is 11.5 Å². The van der Waals surface area contributed by atoms with Crippen molar-refractivity contribution in [1.29, 1.82) is 0 Å². The van der Waals surface area contributed by atoms with E-state index in [1.54, 1.807) is 12.4 Å². The molecular formula is C17H18N4. The van der Waals surface area contributed by atoms with E-state index in [1.807, 2.05) is 60.7 Å². The third-order valence-corrected chi connectivity index (χ3v) is 3.85. The second kappa shape index (κ2) is 5.60. The van der Waals surface area contributed by atoms with Crippen LogP contribution in [0.25, 0.3) is 0 Å². The second-order valence-corrected chi connectivity index (χ2v) is 5.20. The first-order chi connectivity index (χ1) is 10.2. The minimum absolute atomic E-state index is 0.149. The Hall–Kier alpha value is -2.30. The van der Waals surface area contributed by atoms with Gasteiger partial charge in [-0.15, -0.1) is 0 Å². The third-order valence-electron chi connectivity index (χ3n) is 3.85. The fourth-order valence-corrected chi connectivity index (χ4v) is 2.75. The van der Waals surface area contributed by atoms with Gasteiger partial charge in [0.05, 0.1) is 17.2 Å². The first kappa shape index (κ1) is 13.7. The van der Waals surface area contributed by atoms with Crippen molar-refractivity contribution in [3.8, 4) is 0 Å². The number of aromatic nitrogens is 1. The molecule has 3 unspecified atom stereocenters. The predicted molar refractivity (Wildman–Crippen MR) is 85.0 cm³/mol. The van der Waals surface area contributed by atoms with Gasteiger partial charge in [0.1, 0.15) is 6.17 Å². The molecule has 4 heteroatoms. The molecule has 3 rings (SSSR count). The molecule has 4 nitrogen and oxygen atoms in total. The first-order valence-electron chi connectivity index (χ1n) is 6.93.